The molecule has 4 rings (SSSR count). The van der Waals surface area contributed by atoms with Gasteiger partial charge in [0.05, 0.1) is 5.56 Å². The Bertz CT molecular complexity index is 1040. The minimum atomic E-state index is -0.0735. The number of carbonyl (C=O) groups is 1. The van der Waals surface area contributed by atoms with E-state index < -0.39 is 0 Å². The largest absolute Gasteiger partial charge is 0.370 e. The first-order valence-electron chi connectivity index (χ1n) is 10.8. The van der Waals surface area contributed by atoms with Crippen LogP contribution in [-0.4, -0.2) is 53.6 Å². The third-order valence-electron chi connectivity index (χ3n) is 6.29. The molecule has 0 bridgehead atoms. The molecule has 1 fully saturated rings. The molecule has 6 nitrogen and oxygen atoms in total. The average molecular weight is 418 g/mol. The molecular formula is C25H31N5O. The van der Waals surface area contributed by atoms with E-state index in [0.29, 0.717) is 11.6 Å². The zero-order valence-electron chi connectivity index (χ0n) is 18.8. The van der Waals surface area contributed by atoms with E-state index in [1.165, 1.54) is 12.1 Å². The zero-order valence-corrected chi connectivity index (χ0v) is 18.8. The van der Waals surface area contributed by atoms with Gasteiger partial charge in [-0.25, -0.2) is 0 Å². The lowest BCUT2D eigenvalue weighted by molar-refractivity contribution is 0.102. The van der Waals surface area contributed by atoms with Crippen LogP contribution in [0.4, 0.5) is 11.4 Å². The molecule has 1 amide bonds. The van der Waals surface area contributed by atoms with Gasteiger partial charge in [0.25, 0.3) is 5.91 Å². The number of aryl methyl sites for hydroxylation is 1. The van der Waals surface area contributed by atoms with Crippen molar-refractivity contribution in [3.63, 3.8) is 0 Å². The molecule has 2 aromatic heterocycles. The van der Waals surface area contributed by atoms with Crippen LogP contribution < -0.4 is 10.2 Å². The number of anilines is 2. The topological polar surface area (TPSA) is 53.4 Å². The standard InChI is InChI=1S/C25H31N5O/c1-18-15-24(19(2)30(18)16-20-9-12-26-13-10-20)25(31)27-21-5-7-22(8-6-21)29-14-11-23(17-29)28(3)4/h5-10,12-13,15,23H,11,14,16-17H2,1-4H3,(H,27,31). The van der Waals surface area contributed by atoms with Crippen LogP contribution in [0.2, 0.25) is 0 Å². The van der Waals surface area contributed by atoms with Crippen LogP contribution in [0.1, 0.15) is 33.7 Å². The first-order valence-corrected chi connectivity index (χ1v) is 10.8. The van der Waals surface area contributed by atoms with Crippen molar-refractivity contribution < 1.29 is 4.79 Å². The summed E-state index contributed by atoms with van der Waals surface area (Å²) in [7, 11) is 4.28. The second-order valence-corrected chi connectivity index (χ2v) is 8.58. The van der Waals surface area contributed by atoms with Crippen molar-refractivity contribution >= 4 is 17.3 Å². The summed E-state index contributed by atoms with van der Waals surface area (Å²) in [5.41, 5.74) is 5.94. The Kier molecular flexibility index (Phi) is 6.09. The summed E-state index contributed by atoms with van der Waals surface area (Å²) in [5, 5.41) is 3.06. The molecule has 162 valence electrons. The molecule has 6 heteroatoms. The van der Waals surface area contributed by atoms with E-state index in [2.05, 4.69) is 50.9 Å². The molecule has 1 N–H and O–H groups in total. The maximum atomic E-state index is 13.0. The van der Waals surface area contributed by atoms with E-state index in [0.717, 1.165) is 42.3 Å². The molecule has 1 aromatic carbocycles. The van der Waals surface area contributed by atoms with E-state index in [1.807, 2.05) is 44.2 Å². The van der Waals surface area contributed by atoms with Crippen LogP contribution in [0, 0.1) is 13.8 Å². The minimum Gasteiger partial charge on any atom is -0.370 e. The number of aromatic nitrogens is 2. The Balaban J connectivity index is 1.43. The maximum absolute atomic E-state index is 13.0. The quantitative estimate of drug-likeness (QED) is 0.660. The van der Waals surface area contributed by atoms with E-state index in [-0.39, 0.29) is 5.91 Å². The van der Waals surface area contributed by atoms with Gasteiger partial charge >= 0.3 is 0 Å². The van der Waals surface area contributed by atoms with E-state index in [1.54, 1.807) is 12.4 Å². The lowest BCUT2D eigenvalue weighted by atomic mass is 10.2. The van der Waals surface area contributed by atoms with Crippen molar-refractivity contribution in [1.82, 2.24) is 14.5 Å². The molecule has 0 saturated carbocycles. The second-order valence-electron chi connectivity index (χ2n) is 8.58. The molecule has 3 heterocycles. The minimum absolute atomic E-state index is 0.0735. The lowest BCUT2D eigenvalue weighted by Crippen LogP contribution is -2.31. The Morgan fingerprint density at radius 1 is 1.13 bits per heavy atom. The number of nitrogens with zero attached hydrogens (tertiary/aromatic N) is 4. The summed E-state index contributed by atoms with van der Waals surface area (Å²) in [5.74, 6) is -0.0735. The summed E-state index contributed by atoms with van der Waals surface area (Å²) in [6.07, 6.45) is 4.77. The number of amides is 1. The normalized spacial score (nSPS) is 16.2. The Morgan fingerprint density at radius 2 is 1.84 bits per heavy atom. The molecular weight excluding hydrogens is 386 g/mol. The van der Waals surface area contributed by atoms with Crippen LogP contribution in [0.25, 0.3) is 0 Å². The Hall–Kier alpha value is -3.12. The monoisotopic (exact) mass is 417 g/mol. The van der Waals surface area contributed by atoms with Crippen molar-refractivity contribution in [2.45, 2.75) is 32.9 Å². The van der Waals surface area contributed by atoms with Crippen molar-refractivity contribution in [2.24, 2.45) is 0 Å². The van der Waals surface area contributed by atoms with Gasteiger partial charge in [0.2, 0.25) is 0 Å². The van der Waals surface area contributed by atoms with Crippen LogP contribution >= 0.6 is 0 Å². The van der Waals surface area contributed by atoms with Crippen molar-refractivity contribution in [1.29, 1.82) is 0 Å². The first kappa shape index (κ1) is 21.1. The van der Waals surface area contributed by atoms with Gasteiger partial charge in [0.1, 0.15) is 0 Å². The fraction of sp³-hybridized carbons (Fsp3) is 0.360. The van der Waals surface area contributed by atoms with Crippen LogP contribution in [0.15, 0.2) is 54.9 Å². The fourth-order valence-corrected chi connectivity index (χ4v) is 4.30. The highest BCUT2D eigenvalue weighted by molar-refractivity contribution is 6.05. The molecule has 1 atom stereocenters. The first-order chi connectivity index (χ1) is 14.9. The average Bonchev–Trinajstić information content (AvgIpc) is 3.36. The zero-order chi connectivity index (χ0) is 22.0. The highest BCUT2D eigenvalue weighted by atomic mass is 16.1. The van der Waals surface area contributed by atoms with Crippen molar-refractivity contribution in [2.75, 3.05) is 37.4 Å². The molecule has 0 spiro atoms. The molecule has 1 saturated heterocycles. The fourth-order valence-electron chi connectivity index (χ4n) is 4.30. The summed E-state index contributed by atoms with van der Waals surface area (Å²) in [4.78, 5) is 21.7. The van der Waals surface area contributed by atoms with Crippen LogP contribution in [0.5, 0.6) is 0 Å². The van der Waals surface area contributed by atoms with E-state index in [4.69, 9.17) is 0 Å². The Morgan fingerprint density at radius 3 is 2.48 bits per heavy atom. The van der Waals surface area contributed by atoms with Gasteiger partial charge < -0.3 is 19.7 Å². The summed E-state index contributed by atoms with van der Waals surface area (Å²) in [6, 6.07) is 14.7. The van der Waals surface area contributed by atoms with Crippen molar-refractivity contribution in [3.05, 3.63) is 77.4 Å². The predicted molar refractivity (Wildman–Crippen MR) is 126 cm³/mol. The second kappa shape index (κ2) is 8.94. The third kappa shape index (κ3) is 4.64. The number of benzene rings is 1. The molecule has 0 aliphatic carbocycles. The summed E-state index contributed by atoms with van der Waals surface area (Å²) in [6.45, 7) is 6.88. The van der Waals surface area contributed by atoms with Crippen LogP contribution in [-0.2, 0) is 6.54 Å². The van der Waals surface area contributed by atoms with E-state index in [9.17, 15) is 4.79 Å². The van der Waals surface area contributed by atoms with Gasteiger partial charge in [-0.2, -0.15) is 0 Å². The molecule has 3 aromatic rings. The van der Waals surface area contributed by atoms with Gasteiger partial charge in [-0.1, -0.05) is 0 Å². The molecule has 31 heavy (non-hydrogen) atoms. The predicted octanol–water partition coefficient (Wildman–Crippen LogP) is 3.94. The number of hydrogen-bond acceptors (Lipinski definition) is 4. The van der Waals surface area contributed by atoms with Crippen LogP contribution in [0.3, 0.4) is 0 Å². The number of rotatable bonds is 6. The number of nitrogens with one attached hydrogen (secondary N) is 1. The molecule has 0 radical (unpaired) electrons. The number of pyridine rings is 1. The van der Waals surface area contributed by atoms with Crippen molar-refractivity contribution in [3.8, 4) is 0 Å². The summed E-state index contributed by atoms with van der Waals surface area (Å²) >= 11 is 0. The number of likely N-dealkylation sites (N-methyl/N-ethyl adjacent to an activating group) is 1. The van der Waals surface area contributed by atoms with E-state index >= 15 is 0 Å². The highest BCUT2D eigenvalue weighted by Gasteiger charge is 2.24. The lowest BCUT2D eigenvalue weighted by Gasteiger charge is -2.22. The highest BCUT2D eigenvalue weighted by Crippen LogP contribution is 2.25. The molecule has 1 aliphatic rings. The molecule has 1 aliphatic heterocycles. The van der Waals surface area contributed by atoms with Gasteiger partial charge in [-0.15, -0.1) is 0 Å². The Labute approximate surface area is 184 Å². The van der Waals surface area contributed by atoms with Gasteiger partial charge in [0.15, 0.2) is 0 Å². The van der Waals surface area contributed by atoms with Gasteiger partial charge in [0, 0.05) is 60.8 Å². The number of hydrogen-bond donors (Lipinski definition) is 1. The number of carbonyl (C=O) groups excluding carboxylic acids is 1. The SMILES string of the molecule is Cc1cc(C(=O)Nc2ccc(N3CCC(N(C)C)C3)cc2)c(C)n1Cc1ccncc1. The smallest absolute Gasteiger partial charge is 0.257 e. The third-order valence-corrected chi connectivity index (χ3v) is 6.29. The molecule has 1 unspecified atom stereocenters. The summed E-state index contributed by atoms with van der Waals surface area (Å²) < 4.78 is 2.17. The van der Waals surface area contributed by atoms with Gasteiger partial charge in [-0.05, 0) is 82.4 Å². The maximum Gasteiger partial charge on any atom is 0.257 e. The van der Waals surface area contributed by atoms with Gasteiger partial charge in [-0.3, -0.25) is 9.78 Å².